The first kappa shape index (κ1) is 8.68. The molecule has 0 radical (unpaired) electrons. The topological polar surface area (TPSA) is 33.1 Å². The Labute approximate surface area is 70.9 Å². The van der Waals surface area contributed by atoms with Crippen molar-refractivity contribution in [2.75, 3.05) is 6.61 Å². The average Bonchev–Trinajstić information content (AvgIpc) is 2.36. The van der Waals surface area contributed by atoms with Gasteiger partial charge in [0.1, 0.15) is 5.01 Å². The first-order valence-electron chi connectivity index (χ1n) is 3.60. The van der Waals surface area contributed by atoms with Gasteiger partial charge in [-0.1, -0.05) is 13.8 Å². The van der Waals surface area contributed by atoms with Crippen LogP contribution in [0.2, 0.25) is 0 Å². The van der Waals surface area contributed by atoms with Gasteiger partial charge in [0.2, 0.25) is 0 Å². The first-order valence-corrected chi connectivity index (χ1v) is 4.48. The van der Waals surface area contributed by atoms with Crippen LogP contribution in [0.5, 0.6) is 0 Å². The lowest BCUT2D eigenvalue weighted by Crippen LogP contribution is -2.21. The smallest absolute Gasteiger partial charge is 0.101 e. The standard InChI is InChI=1S/C8H13NOS/c1-6-4-11-7(9-6)8(2,3)5-10/h4,10H,5H2,1-3H3. The van der Waals surface area contributed by atoms with Crippen molar-refractivity contribution in [3.8, 4) is 0 Å². The largest absolute Gasteiger partial charge is 0.395 e. The summed E-state index contributed by atoms with van der Waals surface area (Å²) in [6, 6.07) is 0. The molecule has 1 N–H and O–H groups in total. The number of aromatic nitrogens is 1. The molecule has 0 aliphatic heterocycles. The molecule has 0 spiro atoms. The zero-order chi connectivity index (χ0) is 8.48. The SMILES string of the molecule is Cc1csc(C(C)(C)CO)n1. The van der Waals surface area contributed by atoms with E-state index in [9.17, 15) is 0 Å². The van der Waals surface area contributed by atoms with Gasteiger partial charge in [-0.2, -0.15) is 0 Å². The molecule has 0 aromatic carbocycles. The fraction of sp³-hybridized carbons (Fsp3) is 0.625. The van der Waals surface area contributed by atoms with E-state index < -0.39 is 0 Å². The van der Waals surface area contributed by atoms with Gasteiger partial charge in [-0.3, -0.25) is 0 Å². The van der Waals surface area contributed by atoms with Crippen molar-refractivity contribution in [3.63, 3.8) is 0 Å². The van der Waals surface area contributed by atoms with Gasteiger partial charge in [0.15, 0.2) is 0 Å². The van der Waals surface area contributed by atoms with Crippen LogP contribution in [0.1, 0.15) is 24.5 Å². The minimum Gasteiger partial charge on any atom is -0.395 e. The molecule has 1 aromatic rings. The second kappa shape index (κ2) is 2.91. The normalized spacial score (nSPS) is 12.0. The number of aryl methyl sites for hydroxylation is 1. The third-order valence-corrected chi connectivity index (χ3v) is 2.92. The number of rotatable bonds is 2. The quantitative estimate of drug-likeness (QED) is 0.735. The number of aliphatic hydroxyl groups excluding tert-OH is 1. The highest BCUT2D eigenvalue weighted by Crippen LogP contribution is 2.25. The van der Waals surface area contributed by atoms with Gasteiger partial charge in [-0.15, -0.1) is 11.3 Å². The Morgan fingerprint density at radius 1 is 1.64 bits per heavy atom. The van der Waals surface area contributed by atoms with Crippen molar-refractivity contribution in [2.24, 2.45) is 0 Å². The molecule has 0 aliphatic rings. The highest BCUT2D eigenvalue weighted by molar-refractivity contribution is 7.09. The second-order valence-corrected chi connectivity index (χ2v) is 4.19. The maximum Gasteiger partial charge on any atom is 0.101 e. The molecule has 0 fully saturated rings. The van der Waals surface area contributed by atoms with E-state index in [4.69, 9.17) is 5.11 Å². The molecular weight excluding hydrogens is 158 g/mol. The molecule has 1 aromatic heterocycles. The van der Waals surface area contributed by atoms with Gasteiger partial charge in [0.05, 0.1) is 6.61 Å². The minimum absolute atomic E-state index is 0.153. The van der Waals surface area contributed by atoms with Crippen molar-refractivity contribution in [2.45, 2.75) is 26.2 Å². The minimum atomic E-state index is -0.182. The Bertz CT molecular complexity index is 242. The monoisotopic (exact) mass is 171 g/mol. The Balaban J connectivity index is 2.92. The number of hydrogen-bond donors (Lipinski definition) is 1. The van der Waals surface area contributed by atoms with Crippen LogP contribution in [0.3, 0.4) is 0 Å². The van der Waals surface area contributed by atoms with E-state index in [2.05, 4.69) is 4.98 Å². The van der Waals surface area contributed by atoms with Crippen LogP contribution in [0.15, 0.2) is 5.38 Å². The molecule has 0 atom stereocenters. The third-order valence-electron chi connectivity index (χ3n) is 1.59. The predicted molar refractivity (Wildman–Crippen MR) is 47.0 cm³/mol. The van der Waals surface area contributed by atoms with Gasteiger partial charge in [0, 0.05) is 16.5 Å². The van der Waals surface area contributed by atoms with Crippen LogP contribution in [-0.4, -0.2) is 16.7 Å². The van der Waals surface area contributed by atoms with Crippen molar-refractivity contribution >= 4 is 11.3 Å². The molecule has 3 heteroatoms. The van der Waals surface area contributed by atoms with Crippen molar-refractivity contribution in [1.29, 1.82) is 0 Å². The summed E-state index contributed by atoms with van der Waals surface area (Å²) in [6.07, 6.45) is 0. The van der Waals surface area contributed by atoms with Gasteiger partial charge >= 0.3 is 0 Å². The molecule has 0 amide bonds. The maximum atomic E-state index is 9.02. The highest BCUT2D eigenvalue weighted by atomic mass is 32.1. The van der Waals surface area contributed by atoms with Crippen LogP contribution < -0.4 is 0 Å². The van der Waals surface area contributed by atoms with E-state index >= 15 is 0 Å². The molecule has 11 heavy (non-hydrogen) atoms. The summed E-state index contributed by atoms with van der Waals surface area (Å²) >= 11 is 1.61. The summed E-state index contributed by atoms with van der Waals surface area (Å²) < 4.78 is 0. The second-order valence-electron chi connectivity index (χ2n) is 3.34. The Morgan fingerprint density at radius 2 is 2.27 bits per heavy atom. The van der Waals surface area contributed by atoms with Crippen LogP contribution in [0.25, 0.3) is 0 Å². The molecule has 2 nitrogen and oxygen atoms in total. The van der Waals surface area contributed by atoms with Crippen molar-refractivity contribution in [3.05, 3.63) is 16.1 Å². The summed E-state index contributed by atoms with van der Waals surface area (Å²) in [5.41, 5.74) is 0.852. The number of hydrogen-bond acceptors (Lipinski definition) is 3. The molecule has 0 aliphatic carbocycles. The fourth-order valence-corrected chi connectivity index (χ4v) is 1.65. The fourth-order valence-electron chi connectivity index (χ4n) is 0.732. The van der Waals surface area contributed by atoms with Crippen LogP contribution in [0, 0.1) is 6.92 Å². The predicted octanol–water partition coefficient (Wildman–Crippen LogP) is 1.72. The highest BCUT2D eigenvalue weighted by Gasteiger charge is 2.22. The molecule has 1 rings (SSSR count). The van der Waals surface area contributed by atoms with E-state index in [-0.39, 0.29) is 12.0 Å². The van der Waals surface area contributed by atoms with E-state index in [1.807, 2.05) is 26.2 Å². The molecule has 1 heterocycles. The van der Waals surface area contributed by atoms with Crippen LogP contribution in [0.4, 0.5) is 0 Å². The number of thiazole rings is 1. The summed E-state index contributed by atoms with van der Waals surface area (Å²) in [7, 11) is 0. The molecule has 0 unspecified atom stereocenters. The number of nitrogens with zero attached hydrogens (tertiary/aromatic N) is 1. The van der Waals surface area contributed by atoms with Crippen molar-refractivity contribution in [1.82, 2.24) is 4.98 Å². The Morgan fingerprint density at radius 3 is 2.64 bits per heavy atom. The Kier molecular flexibility index (Phi) is 2.30. The molecule has 0 bridgehead atoms. The molecular formula is C8H13NOS. The Hall–Kier alpha value is -0.410. The van der Waals surface area contributed by atoms with Gasteiger partial charge < -0.3 is 5.11 Å². The maximum absolute atomic E-state index is 9.02. The van der Waals surface area contributed by atoms with Crippen LogP contribution >= 0.6 is 11.3 Å². The van der Waals surface area contributed by atoms with E-state index in [0.717, 1.165) is 10.7 Å². The average molecular weight is 171 g/mol. The number of aliphatic hydroxyl groups is 1. The first-order chi connectivity index (χ1) is 5.06. The third kappa shape index (κ3) is 1.79. The summed E-state index contributed by atoms with van der Waals surface area (Å²) in [6.45, 7) is 6.10. The van der Waals surface area contributed by atoms with Gasteiger partial charge in [-0.05, 0) is 6.92 Å². The van der Waals surface area contributed by atoms with E-state index in [0.29, 0.717) is 0 Å². The molecule has 0 saturated carbocycles. The molecule has 0 saturated heterocycles. The zero-order valence-corrected chi connectivity index (χ0v) is 7.90. The van der Waals surface area contributed by atoms with E-state index in [1.54, 1.807) is 11.3 Å². The van der Waals surface area contributed by atoms with Gasteiger partial charge in [-0.25, -0.2) is 4.98 Å². The summed E-state index contributed by atoms with van der Waals surface area (Å²) in [5, 5.41) is 12.0. The lowest BCUT2D eigenvalue weighted by atomic mass is 9.96. The zero-order valence-electron chi connectivity index (χ0n) is 7.09. The van der Waals surface area contributed by atoms with Gasteiger partial charge in [0.25, 0.3) is 0 Å². The van der Waals surface area contributed by atoms with Crippen LogP contribution in [-0.2, 0) is 5.41 Å². The summed E-state index contributed by atoms with van der Waals surface area (Å²) in [4.78, 5) is 4.31. The van der Waals surface area contributed by atoms with Crippen molar-refractivity contribution < 1.29 is 5.11 Å². The summed E-state index contributed by atoms with van der Waals surface area (Å²) in [5.74, 6) is 0. The lowest BCUT2D eigenvalue weighted by molar-refractivity contribution is 0.218. The lowest BCUT2D eigenvalue weighted by Gasteiger charge is -2.17. The molecule has 62 valence electrons. The van der Waals surface area contributed by atoms with E-state index in [1.165, 1.54) is 0 Å².